The Kier molecular flexibility index (Phi) is 3.70. The molecule has 0 unspecified atom stereocenters. The summed E-state index contributed by atoms with van der Waals surface area (Å²) in [7, 11) is 0. The molecule has 0 saturated heterocycles. The second-order valence-electron chi connectivity index (χ2n) is 4.85. The van der Waals surface area contributed by atoms with Crippen molar-refractivity contribution in [3.63, 3.8) is 0 Å². The van der Waals surface area contributed by atoms with Crippen molar-refractivity contribution in [2.75, 3.05) is 6.61 Å². The van der Waals surface area contributed by atoms with E-state index >= 15 is 0 Å². The Morgan fingerprint density at radius 2 is 2.17 bits per heavy atom. The molecule has 96 valence electrons. The van der Waals surface area contributed by atoms with E-state index in [4.69, 9.17) is 4.74 Å². The van der Waals surface area contributed by atoms with Crippen molar-refractivity contribution in [3.05, 3.63) is 30.0 Å². The van der Waals surface area contributed by atoms with Gasteiger partial charge in [-0.3, -0.25) is 4.79 Å². The minimum absolute atomic E-state index is 0.156. The topological polar surface area (TPSA) is 42.1 Å². The quantitative estimate of drug-likeness (QED) is 0.814. The molecule has 1 N–H and O–H groups in total. The van der Waals surface area contributed by atoms with E-state index in [0.717, 1.165) is 16.7 Å². The average molecular weight is 245 g/mol. The maximum atomic E-state index is 12.0. The fourth-order valence-corrected chi connectivity index (χ4v) is 2.04. The third-order valence-electron chi connectivity index (χ3n) is 2.82. The zero-order valence-electron chi connectivity index (χ0n) is 11.1. The highest BCUT2D eigenvalue weighted by Crippen LogP contribution is 2.27. The smallest absolute Gasteiger partial charge is 0.179 e. The summed E-state index contributed by atoms with van der Waals surface area (Å²) >= 11 is 0. The molecular weight excluding hydrogens is 226 g/mol. The molecule has 2 rings (SSSR count). The van der Waals surface area contributed by atoms with Crippen LogP contribution in [0.25, 0.3) is 10.9 Å². The first-order valence-corrected chi connectivity index (χ1v) is 6.39. The molecule has 0 atom stereocenters. The zero-order chi connectivity index (χ0) is 13.1. The van der Waals surface area contributed by atoms with Crippen molar-refractivity contribution in [3.8, 4) is 5.75 Å². The molecule has 0 amide bonds. The van der Waals surface area contributed by atoms with E-state index in [9.17, 15) is 4.79 Å². The van der Waals surface area contributed by atoms with Crippen LogP contribution in [0.5, 0.6) is 5.75 Å². The number of aromatic amines is 1. The van der Waals surface area contributed by atoms with Crippen LogP contribution in [0.15, 0.2) is 24.3 Å². The summed E-state index contributed by atoms with van der Waals surface area (Å²) in [4.78, 5) is 15.2. The predicted molar refractivity (Wildman–Crippen MR) is 73.3 cm³/mol. The third-order valence-corrected chi connectivity index (χ3v) is 2.82. The molecule has 0 aliphatic heterocycles. The minimum atomic E-state index is 0.156. The maximum absolute atomic E-state index is 12.0. The van der Waals surface area contributed by atoms with Gasteiger partial charge in [-0.25, -0.2) is 0 Å². The molecule has 0 saturated carbocycles. The molecule has 0 aliphatic carbocycles. The van der Waals surface area contributed by atoms with Gasteiger partial charge in [0.1, 0.15) is 5.75 Å². The van der Waals surface area contributed by atoms with Crippen LogP contribution in [0.3, 0.4) is 0 Å². The van der Waals surface area contributed by atoms with Crippen molar-refractivity contribution < 1.29 is 9.53 Å². The van der Waals surface area contributed by atoms with Gasteiger partial charge in [-0.1, -0.05) is 19.9 Å². The second-order valence-corrected chi connectivity index (χ2v) is 4.85. The van der Waals surface area contributed by atoms with Gasteiger partial charge in [-0.15, -0.1) is 0 Å². The Balaban J connectivity index is 2.37. The van der Waals surface area contributed by atoms with Gasteiger partial charge in [0.15, 0.2) is 5.78 Å². The number of H-pyrrole nitrogens is 1. The fraction of sp³-hybridized carbons (Fsp3) is 0.400. The van der Waals surface area contributed by atoms with E-state index in [-0.39, 0.29) is 5.78 Å². The molecule has 0 bridgehead atoms. The van der Waals surface area contributed by atoms with Gasteiger partial charge in [0, 0.05) is 17.3 Å². The molecule has 1 aromatic heterocycles. The van der Waals surface area contributed by atoms with Crippen molar-refractivity contribution in [2.24, 2.45) is 5.92 Å². The van der Waals surface area contributed by atoms with Gasteiger partial charge in [0.2, 0.25) is 0 Å². The summed E-state index contributed by atoms with van der Waals surface area (Å²) in [6.07, 6.45) is 0.566. The predicted octanol–water partition coefficient (Wildman–Crippen LogP) is 3.80. The average Bonchev–Trinajstić information content (AvgIpc) is 2.73. The summed E-state index contributed by atoms with van der Waals surface area (Å²) in [5.74, 6) is 1.36. The Bertz CT molecular complexity index is 555. The fourth-order valence-electron chi connectivity index (χ4n) is 2.04. The summed E-state index contributed by atoms with van der Waals surface area (Å²) in [5.41, 5.74) is 1.62. The van der Waals surface area contributed by atoms with E-state index in [1.807, 2.05) is 45.0 Å². The number of hydrogen-bond donors (Lipinski definition) is 1. The molecule has 0 fully saturated rings. The first-order valence-electron chi connectivity index (χ1n) is 6.39. The Hall–Kier alpha value is -1.77. The molecular formula is C15H19NO2. The van der Waals surface area contributed by atoms with Crippen LogP contribution in [0.1, 0.15) is 37.7 Å². The van der Waals surface area contributed by atoms with Crippen LogP contribution in [0.2, 0.25) is 0 Å². The normalized spacial score (nSPS) is 11.1. The SMILES string of the molecule is CCOc1cccc2[nH]c(C(=O)CC(C)C)cc12. The molecule has 1 heterocycles. The van der Waals surface area contributed by atoms with Crippen LogP contribution in [-0.2, 0) is 0 Å². The van der Waals surface area contributed by atoms with Crippen LogP contribution in [0.4, 0.5) is 0 Å². The molecule has 1 aromatic carbocycles. The number of ether oxygens (including phenoxy) is 1. The number of carbonyl (C=O) groups excluding carboxylic acids is 1. The van der Waals surface area contributed by atoms with Gasteiger partial charge in [0.05, 0.1) is 12.3 Å². The van der Waals surface area contributed by atoms with Crippen LogP contribution in [-0.4, -0.2) is 17.4 Å². The van der Waals surface area contributed by atoms with Gasteiger partial charge in [-0.2, -0.15) is 0 Å². The van der Waals surface area contributed by atoms with Crippen molar-refractivity contribution >= 4 is 16.7 Å². The molecule has 3 nitrogen and oxygen atoms in total. The van der Waals surface area contributed by atoms with Crippen molar-refractivity contribution in [1.29, 1.82) is 0 Å². The Labute approximate surface area is 107 Å². The number of aromatic nitrogens is 1. The number of rotatable bonds is 5. The van der Waals surface area contributed by atoms with E-state index in [1.54, 1.807) is 0 Å². The zero-order valence-corrected chi connectivity index (χ0v) is 11.1. The summed E-state index contributed by atoms with van der Waals surface area (Å²) in [6.45, 7) is 6.67. The maximum Gasteiger partial charge on any atom is 0.179 e. The summed E-state index contributed by atoms with van der Waals surface area (Å²) in [6, 6.07) is 7.71. The minimum Gasteiger partial charge on any atom is -0.493 e. The monoisotopic (exact) mass is 245 g/mol. The van der Waals surface area contributed by atoms with Gasteiger partial charge in [-0.05, 0) is 31.0 Å². The molecule has 0 aliphatic rings. The van der Waals surface area contributed by atoms with Gasteiger partial charge >= 0.3 is 0 Å². The largest absolute Gasteiger partial charge is 0.493 e. The molecule has 2 aromatic rings. The number of fused-ring (bicyclic) bond motifs is 1. The van der Waals surface area contributed by atoms with Crippen LogP contribution >= 0.6 is 0 Å². The van der Waals surface area contributed by atoms with Crippen molar-refractivity contribution in [1.82, 2.24) is 4.98 Å². The lowest BCUT2D eigenvalue weighted by molar-refractivity contribution is 0.0964. The highest BCUT2D eigenvalue weighted by atomic mass is 16.5. The Morgan fingerprint density at radius 3 is 2.83 bits per heavy atom. The number of hydrogen-bond acceptors (Lipinski definition) is 2. The molecule has 0 spiro atoms. The lowest BCUT2D eigenvalue weighted by Gasteiger charge is -2.02. The molecule has 3 heteroatoms. The lowest BCUT2D eigenvalue weighted by Crippen LogP contribution is -2.03. The number of benzene rings is 1. The van der Waals surface area contributed by atoms with E-state index < -0.39 is 0 Å². The van der Waals surface area contributed by atoms with Gasteiger partial charge < -0.3 is 9.72 Å². The highest BCUT2D eigenvalue weighted by Gasteiger charge is 2.13. The third kappa shape index (κ3) is 2.55. The Morgan fingerprint density at radius 1 is 1.39 bits per heavy atom. The molecule has 18 heavy (non-hydrogen) atoms. The lowest BCUT2D eigenvalue weighted by atomic mass is 10.1. The standard InChI is InChI=1S/C15H19NO2/c1-4-18-15-7-5-6-12-11(15)9-13(16-12)14(17)8-10(2)3/h5-7,9-10,16H,4,8H2,1-3H3. The second kappa shape index (κ2) is 5.25. The first kappa shape index (κ1) is 12.7. The van der Waals surface area contributed by atoms with Crippen LogP contribution < -0.4 is 4.74 Å². The number of nitrogens with one attached hydrogen (secondary N) is 1. The summed E-state index contributed by atoms with van der Waals surface area (Å²) < 4.78 is 5.56. The number of ketones is 1. The van der Waals surface area contributed by atoms with E-state index in [0.29, 0.717) is 24.6 Å². The number of carbonyl (C=O) groups is 1. The van der Waals surface area contributed by atoms with Crippen molar-refractivity contribution in [2.45, 2.75) is 27.2 Å². The highest BCUT2D eigenvalue weighted by molar-refractivity contribution is 6.00. The van der Waals surface area contributed by atoms with E-state index in [1.165, 1.54) is 0 Å². The number of Topliss-reactive ketones (excluding diaryl/α,β-unsaturated/α-hetero) is 1. The summed E-state index contributed by atoms with van der Waals surface area (Å²) in [5, 5.41) is 0.978. The van der Waals surface area contributed by atoms with E-state index in [2.05, 4.69) is 4.98 Å². The molecule has 0 radical (unpaired) electrons. The van der Waals surface area contributed by atoms with Crippen LogP contribution in [0, 0.1) is 5.92 Å². The first-order chi connectivity index (χ1) is 8.61. The van der Waals surface area contributed by atoms with Gasteiger partial charge in [0.25, 0.3) is 0 Å².